The van der Waals surface area contributed by atoms with E-state index in [-0.39, 0.29) is 0 Å². The lowest BCUT2D eigenvalue weighted by Gasteiger charge is -2.26. The molecule has 2 rings (SSSR count). The second-order valence-corrected chi connectivity index (χ2v) is 5.58. The van der Waals surface area contributed by atoms with Crippen molar-refractivity contribution in [3.8, 4) is 0 Å². The highest BCUT2D eigenvalue weighted by Gasteiger charge is 2.34. The minimum Gasteiger partial charge on any atom is -0.481 e. The van der Waals surface area contributed by atoms with Gasteiger partial charge in [-0.2, -0.15) is 0 Å². The molecule has 0 aromatic carbocycles. The van der Waals surface area contributed by atoms with E-state index in [4.69, 9.17) is 0 Å². The molecule has 0 fully saturated rings. The maximum Gasteiger partial charge on any atom is 0.310 e. The largest absolute Gasteiger partial charge is 0.481 e. The molecule has 2 N–H and O–H groups in total. The topological polar surface area (TPSA) is 66.6 Å². The molecule has 0 saturated heterocycles. The number of hydrogen-bond acceptors (Lipinski definition) is 3. The third-order valence-corrected chi connectivity index (χ3v) is 4.32. The van der Waals surface area contributed by atoms with Gasteiger partial charge in [0.1, 0.15) is 5.65 Å². The fraction of sp³-hybridized carbons (Fsp3) is 0.500. The van der Waals surface area contributed by atoms with E-state index in [1.165, 1.54) is 5.56 Å². The van der Waals surface area contributed by atoms with Crippen LogP contribution in [0.3, 0.4) is 0 Å². The predicted octanol–water partition coefficient (Wildman–Crippen LogP) is 2.62. The highest BCUT2D eigenvalue weighted by atomic mass is 16.4. The first kappa shape index (κ1) is 15.5. The average Bonchev–Trinajstić information content (AvgIpc) is 2.86. The van der Waals surface area contributed by atoms with E-state index in [0.29, 0.717) is 25.9 Å². The molecule has 0 aliphatic heterocycles. The normalized spacial score (nSPS) is 12.0. The molecular formula is C16H23N3O2. The lowest BCUT2D eigenvalue weighted by atomic mass is 9.82. The lowest BCUT2D eigenvalue weighted by Crippen LogP contribution is -2.40. The molecule has 0 aliphatic carbocycles. The standard InChI is InChI=1S/C16H23N3O2/c1-4-16(5-2,15(20)21)11-17-9-13-10-18-14-8-12(3)6-7-19(13)14/h6-8,10,17H,4-5,9,11H2,1-3H3,(H,20,21). The number of carbonyl (C=O) groups is 1. The van der Waals surface area contributed by atoms with E-state index >= 15 is 0 Å². The van der Waals surface area contributed by atoms with E-state index in [1.807, 2.05) is 49.7 Å². The molecule has 21 heavy (non-hydrogen) atoms. The fourth-order valence-electron chi connectivity index (χ4n) is 2.57. The van der Waals surface area contributed by atoms with Crippen LogP contribution < -0.4 is 5.32 Å². The molecule has 0 atom stereocenters. The molecule has 0 saturated carbocycles. The summed E-state index contributed by atoms with van der Waals surface area (Å²) in [5.41, 5.74) is 2.45. The van der Waals surface area contributed by atoms with Crippen LogP contribution in [0.25, 0.3) is 5.65 Å². The highest BCUT2D eigenvalue weighted by molar-refractivity contribution is 5.74. The van der Waals surface area contributed by atoms with Crippen LogP contribution >= 0.6 is 0 Å². The summed E-state index contributed by atoms with van der Waals surface area (Å²) in [6.45, 7) is 6.97. The van der Waals surface area contributed by atoms with Gasteiger partial charge in [-0.15, -0.1) is 0 Å². The van der Waals surface area contributed by atoms with E-state index in [2.05, 4.69) is 10.3 Å². The Morgan fingerprint density at radius 2 is 2.14 bits per heavy atom. The van der Waals surface area contributed by atoms with Crippen LogP contribution in [0, 0.1) is 12.3 Å². The molecule has 0 radical (unpaired) electrons. The Bertz CT molecular complexity index is 629. The number of pyridine rings is 1. The fourth-order valence-corrected chi connectivity index (χ4v) is 2.57. The monoisotopic (exact) mass is 289 g/mol. The number of nitrogens with zero attached hydrogens (tertiary/aromatic N) is 2. The number of aliphatic carboxylic acids is 1. The van der Waals surface area contributed by atoms with Crippen LogP contribution in [-0.2, 0) is 11.3 Å². The van der Waals surface area contributed by atoms with Crippen molar-refractivity contribution >= 4 is 11.6 Å². The molecule has 0 bridgehead atoms. The van der Waals surface area contributed by atoms with Crippen LogP contribution in [0.4, 0.5) is 0 Å². The summed E-state index contributed by atoms with van der Waals surface area (Å²) in [5.74, 6) is -0.728. The first-order chi connectivity index (χ1) is 10.0. The van der Waals surface area contributed by atoms with E-state index in [0.717, 1.165) is 11.3 Å². The van der Waals surface area contributed by atoms with Gasteiger partial charge in [0.25, 0.3) is 0 Å². The van der Waals surface area contributed by atoms with Gasteiger partial charge >= 0.3 is 5.97 Å². The van der Waals surface area contributed by atoms with Crippen molar-refractivity contribution in [3.05, 3.63) is 35.8 Å². The summed E-state index contributed by atoms with van der Waals surface area (Å²) in [7, 11) is 0. The Hall–Kier alpha value is -1.88. The molecule has 114 valence electrons. The first-order valence-electron chi connectivity index (χ1n) is 7.39. The Labute approximate surface area is 125 Å². The number of aromatic nitrogens is 2. The molecule has 2 aromatic rings. The zero-order chi connectivity index (χ0) is 15.5. The summed E-state index contributed by atoms with van der Waals surface area (Å²) in [4.78, 5) is 15.8. The van der Waals surface area contributed by atoms with Gasteiger partial charge in [0.05, 0.1) is 17.3 Å². The van der Waals surface area contributed by atoms with Crippen LogP contribution in [0.1, 0.15) is 37.9 Å². The number of nitrogens with one attached hydrogen (secondary N) is 1. The summed E-state index contributed by atoms with van der Waals surface area (Å²) in [6, 6.07) is 4.07. The summed E-state index contributed by atoms with van der Waals surface area (Å²) in [5, 5.41) is 12.7. The van der Waals surface area contributed by atoms with Gasteiger partial charge < -0.3 is 14.8 Å². The smallest absolute Gasteiger partial charge is 0.310 e. The molecular weight excluding hydrogens is 266 g/mol. The molecule has 2 heterocycles. The van der Waals surface area contributed by atoms with Gasteiger partial charge in [-0.05, 0) is 37.5 Å². The molecule has 0 amide bonds. The molecule has 2 aromatic heterocycles. The zero-order valence-electron chi connectivity index (χ0n) is 12.9. The van der Waals surface area contributed by atoms with Crippen LogP contribution in [0.15, 0.2) is 24.5 Å². The number of carboxylic acids is 1. The minimum absolute atomic E-state index is 0.467. The van der Waals surface area contributed by atoms with Gasteiger partial charge in [0, 0.05) is 19.3 Å². The van der Waals surface area contributed by atoms with Crippen molar-refractivity contribution in [2.75, 3.05) is 6.54 Å². The zero-order valence-corrected chi connectivity index (χ0v) is 12.9. The second-order valence-electron chi connectivity index (χ2n) is 5.58. The molecule has 5 heteroatoms. The van der Waals surface area contributed by atoms with Crippen molar-refractivity contribution in [2.24, 2.45) is 5.41 Å². The number of rotatable bonds is 7. The predicted molar refractivity (Wildman–Crippen MR) is 82.3 cm³/mol. The van der Waals surface area contributed by atoms with Crippen molar-refractivity contribution in [2.45, 2.75) is 40.2 Å². The van der Waals surface area contributed by atoms with Gasteiger partial charge in [-0.25, -0.2) is 4.98 Å². The van der Waals surface area contributed by atoms with Gasteiger partial charge in [0.2, 0.25) is 0 Å². The summed E-state index contributed by atoms with van der Waals surface area (Å²) >= 11 is 0. The Kier molecular flexibility index (Phi) is 4.63. The second kappa shape index (κ2) is 6.26. The van der Waals surface area contributed by atoms with E-state index in [1.54, 1.807) is 0 Å². The van der Waals surface area contributed by atoms with Gasteiger partial charge in [0.15, 0.2) is 0 Å². The third-order valence-electron chi connectivity index (χ3n) is 4.32. The average molecular weight is 289 g/mol. The van der Waals surface area contributed by atoms with E-state index < -0.39 is 11.4 Å². The maximum absolute atomic E-state index is 11.5. The van der Waals surface area contributed by atoms with Crippen LogP contribution in [-0.4, -0.2) is 27.0 Å². The number of imidazole rings is 1. The summed E-state index contributed by atoms with van der Waals surface area (Å²) in [6.07, 6.45) is 5.08. The van der Waals surface area contributed by atoms with Gasteiger partial charge in [-0.1, -0.05) is 13.8 Å². The van der Waals surface area contributed by atoms with Crippen molar-refractivity contribution in [1.29, 1.82) is 0 Å². The highest BCUT2D eigenvalue weighted by Crippen LogP contribution is 2.25. The number of hydrogen-bond donors (Lipinski definition) is 2. The number of fused-ring (bicyclic) bond motifs is 1. The van der Waals surface area contributed by atoms with Crippen molar-refractivity contribution in [1.82, 2.24) is 14.7 Å². The molecule has 0 unspecified atom stereocenters. The van der Waals surface area contributed by atoms with Gasteiger partial charge in [-0.3, -0.25) is 4.79 Å². The SMILES string of the molecule is CCC(CC)(CNCc1cnc2cc(C)ccn12)C(=O)O. The quantitative estimate of drug-likeness (QED) is 0.822. The first-order valence-corrected chi connectivity index (χ1v) is 7.39. The Balaban J connectivity index is 2.07. The Morgan fingerprint density at radius 3 is 2.76 bits per heavy atom. The van der Waals surface area contributed by atoms with Crippen molar-refractivity contribution < 1.29 is 9.90 Å². The van der Waals surface area contributed by atoms with Crippen LogP contribution in [0.2, 0.25) is 0 Å². The lowest BCUT2D eigenvalue weighted by molar-refractivity contribution is -0.149. The molecule has 0 aliphatic rings. The minimum atomic E-state index is -0.728. The third kappa shape index (κ3) is 3.08. The van der Waals surface area contributed by atoms with E-state index in [9.17, 15) is 9.90 Å². The van der Waals surface area contributed by atoms with Crippen LogP contribution in [0.5, 0.6) is 0 Å². The molecule has 5 nitrogen and oxygen atoms in total. The maximum atomic E-state index is 11.5. The molecule has 0 spiro atoms. The number of carboxylic acid groups (broad SMARTS) is 1. The Morgan fingerprint density at radius 1 is 1.43 bits per heavy atom. The van der Waals surface area contributed by atoms with Crippen molar-refractivity contribution in [3.63, 3.8) is 0 Å². The summed E-state index contributed by atoms with van der Waals surface area (Å²) < 4.78 is 2.03. The number of aryl methyl sites for hydroxylation is 1.